The number of carbonyl (C=O) groups excluding carboxylic acids is 1. The van der Waals surface area contributed by atoms with Crippen LogP contribution in [0.2, 0.25) is 0 Å². The summed E-state index contributed by atoms with van der Waals surface area (Å²) in [7, 11) is 0. The molecule has 0 radical (unpaired) electrons. The van der Waals surface area contributed by atoms with Gasteiger partial charge in [0.2, 0.25) is 0 Å². The van der Waals surface area contributed by atoms with E-state index >= 15 is 0 Å². The summed E-state index contributed by atoms with van der Waals surface area (Å²) in [5, 5.41) is 11.8. The van der Waals surface area contributed by atoms with Crippen molar-refractivity contribution in [3.05, 3.63) is 59.2 Å². The van der Waals surface area contributed by atoms with Gasteiger partial charge in [-0.3, -0.25) is 4.79 Å². The van der Waals surface area contributed by atoms with Crippen LogP contribution < -0.4 is 14.8 Å². The van der Waals surface area contributed by atoms with Gasteiger partial charge in [0, 0.05) is 5.56 Å². The maximum Gasteiger partial charge on any atom is 0.341 e. The fourth-order valence-corrected chi connectivity index (χ4v) is 2.64. The zero-order valence-corrected chi connectivity index (χ0v) is 16.0. The normalized spacial score (nSPS) is 11.0. The molecule has 6 nitrogen and oxygen atoms in total. The third-order valence-corrected chi connectivity index (χ3v) is 4.02. The van der Waals surface area contributed by atoms with E-state index in [0.717, 1.165) is 11.1 Å². The van der Waals surface area contributed by atoms with E-state index in [2.05, 4.69) is 5.32 Å². The molecule has 0 aromatic heterocycles. The Morgan fingerprint density at radius 1 is 1.07 bits per heavy atom. The van der Waals surface area contributed by atoms with Gasteiger partial charge in [-0.25, -0.2) is 4.79 Å². The summed E-state index contributed by atoms with van der Waals surface area (Å²) in [6, 6.07) is 12.7. The van der Waals surface area contributed by atoms with Crippen LogP contribution in [0, 0.1) is 6.92 Å². The molecule has 0 unspecified atom stereocenters. The van der Waals surface area contributed by atoms with Gasteiger partial charge in [-0.1, -0.05) is 29.8 Å². The molecule has 27 heavy (non-hydrogen) atoms. The Morgan fingerprint density at radius 2 is 1.81 bits per heavy atom. The fraction of sp³-hybridized carbons (Fsp3) is 0.333. The van der Waals surface area contributed by atoms with Gasteiger partial charge in [0.05, 0.1) is 12.1 Å². The highest BCUT2D eigenvalue weighted by molar-refractivity contribution is 5.95. The van der Waals surface area contributed by atoms with Crippen molar-refractivity contribution in [1.29, 1.82) is 0 Å². The van der Waals surface area contributed by atoms with E-state index in [0.29, 0.717) is 17.9 Å². The Morgan fingerprint density at radius 3 is 2.44 bits per heavy atom. The van der Waals surface area contributed by atoms with E-state index in [9.17, 15) is 9.59 Å². The molecule has 144 valence electrons. The van der Waals surface area contributed by atoms with E-state index in [-0.39, 0.29) is 11.7 Å². The van der Waals surface area contributed by atoms with Crippen LogP contribution in [0.1, 0.15) is 42.3 Å². The third-order valence-electron chi connectivity index (χ3n) is 4.02. The lowest BCUT2D eigenvalue weighted by Gasteiger charge is -2.27. The molecule has 0 saturated heterocycles. The molecule has 0 saturated carbocycles. The minimum atomic E-state index is -1.08. The predicted octanol–water partition coefficient (Wildman–Crippen LogP) is 3.52. The highest BCUT2D eigenvalue weighted by Crippen LogP contribution is 2.29. The fourth-order valence-electron chi connectivity index (χ4n) is 2.64. The number of ether oxygens (including phenoxy) is 2. The zero-order chi connectivity index (χ0) is 20.0. The molecule has 0 aliphatic rings. The van der Waals surface area contributed by atoms with Crippen molar-refractivity contribution in [2.75, 3.05) is 13.2 Å². The Hall–Kier alpha value is -3.02. The molecule has 0 bridgehead atoms. The number of carbonyl (C=O) groups is 2. The zero-order valence-electron chi connectivity index (χ0n) is 16.0. The van der Waals surface area contributed by atoms with Crippen LogP contribution in [0.15, 0.2) is 42.5 Å². The van der Waals surface area contributed by atoms with Crippen molar-refractivity contribution in [3.63, 3.8) is 0 Å². The van der Waals surface area contributed by atoms with Crippen LogP contribution in [-0.4, -0.2) is 30.2 Å². The van der Waals surface area contributed by atoms with Crippen LogP contribution in [0.5, 0.6) is 11.5 Å². The number of nitrogens with one attached hydrogen (secondary N) is 1. The van der Waals surface area contributed by atoms with E-state index in [1.54, 1.807) is 25.1 Å². The average Bonchev–Trinajstić information content (AvgIpc) is 2.60. The third kappa shape index (κ3) is 5.48. The Kier molecular flexibility index (Phi) is 6.45. The minimum absolute atomic E-state index is 0.257. The number of aryl methyl sites for hydroxylation is 1. The first-order valence-electron chi connectivity index (χ1n) is 8.74. The summed E-state index contributed by atoms with van der Waals surface area (Å²) in [4.78, 5) is 23.5. The van der Waals surface area contributed by atoms with Crippen LogP contribution in [0.25, 0.3) is 0 Å². The van der Waals surface area contributed by atoms with Crippen molar-refractivity contribution < 1.29 is 24.2 Å². The van der Waals surface area contributed by atoms with Crippen LogP contribution in [0.4, 0.5) is 0 Å². The lowest BCUT2D eigenvalue weighted by molar-refractivity contribution is -0.139. The smallest absolute Gasteiger partial charge is 0.341 e. The summed E-state index contributed by atoms with van der Waals surface area (Å²) in [6.07, 6.45) is 0. The molecule has 6 heteroatoms. The number of rotatable bonds is 8. The van der Waals surface area contributed by atoms with Crippen molar-refractivity contribution in [2.24, 2.45) is 0 Å². The minimum Gasteiger partial charge on any atom is -0.490 e. The quantitative estimate of drug-likeness (QED) is 0.742. The first kappa shape index (κ1) is 20.3. The van der Waals surface area contributed by atoms with E-state index < -0.39 is 18.1 Å². The Labute approximate surface area is 159 Å². The molecule has 0 aliphatic carbocycles. The lowest BCUT2D eigenvalue weighted by atomic mass is 9.92. The molecule has 0 fully saturated rings. The standard InChI is InChI=1S/C21H25NO5/c1-5-26-18-12-15(9-10-17(18)27-13-19(23)24)20(25)22-21(3,4)16-8-6-7-14(2)11-16/h6-12H,5,13H2,1-4H3,(H,22,25)(H,23,24). The lowest BCUT2D eigenvalue weighted by Crippen LogP contribution is -2.41. The second-order valence-electron chi connectivity index (χ2n) is 6.73. The average molecular weight is 371 g/mol. The number of hydrogen-bond donors (Lipinski definition) is 2. The molecule has 0 spiro atoms. The van der Waals surface area contributed by atoms with Crippen molar-refractivity contribution in [2.45, 2.75) is 33.2 Å². The highest BCUT2D eigenvalue weighted by atomic mass is 16.5. The number of hydrogen-bond acceptors (Lipinski definition) is 4. The monoisotopic (exact) mass is 371 g/mol. The van der Waals surface area contributed by atoms with Crippen LogP contribution in [0.3, 0.4) is 0 Å². The van der Waals surface area contributed by atoms with Crippen LogP contribution >= 0.6 is 0 Å². The van der Waals surface area contributed by atoms with Gasteiger partial charge in [-0.05, 0) is 51.5 Å². The van der Waals surface area contributed by atoms with E-state index in [1.165, 1.54) is 0 Å². The Bertz CT molecular complexity index is 829. The van der Waals surface area contributed by atoms with Gasteiger partial charge >= 0.3 is 5.97 Å². The van der Waals surface area contributed by atoms with Gasteiger partial charge < -0.3 is 19.9 Å². The summed E-state index contributed by atoms with van der Waals surface area (Å²) >= 11 is 0. The maximum atomic E-state index is 12.8. The van der Waals surface area contributed by atoms with Gasteiger partial charge in [0.1, 0.15) is 0 Å². The molecule has 2 aromatic rings. The molecule has 0 aliphatic heterocycles. The van der Waals surface area contributed by atoms with Gasteiger partial charge in [-0.2, -0.15) is 0 Å². The molecule has 1 amide bonds. The largest absolute Gasteiger partial charge is 0.490 e. The SMILES string of the molecule is CCOc1cc(C(=O)NC(C)(C)c2cccc(C)c2)ccc1OCC(=O)O. The number of aliphatic carboxylic acids is 1. The maximum absolute atomic E-state index is 12.8. The molecular weight excluding hydrogens is 346 g/mol. The van der Waals surface area contributed by atoms with Crippen molar-refractivity contribution in [1.82, 2.24) is 5.32 Å². The van der Waals surface area contributed by atoms with Gasteiger partial charge in [-0.15, -0.1) is 0 Å². The summed E-state index contributed by atoms with van der Waals surface area (Å²) in [5.41, 5.74) is 1.96. The van der Waals surface area contributed by atoms with E-state index in [1.807, 2.05) is 45.0 Å². The van der Waals surface area contributed by atoms with Crippen LogP contribution in [-0.2, 0) is 10.3 Å². The van der Waals surface area contributed by atoms with Gasteiger partial charge in [0.15, 0.2) is 18.1 Å². The molecular formula is C21H25NO5. The predicted molar refractivity (Wildman–Crippen MR) is 102 cm³/mol. The summed E-state index contributed by atoms with van der Waals surface area (Å²) in [5.74, 6) is -0.722. The number of carboxylic acids is 1. The highest BCUT2D eigenvalue weighted by Gasteiger charge is 2.24. The first-order chi connectivity index (χ1) is 12.7. The number of carboxylic acid groups (broad SMARTS) is 1. The van der Waals surface area contributed by atoms with Crippen molar-refractivity contribution in [3.8, 4) is 11.5 Å². The Balaban J connectivity index is 2.22. The van der Waals surface area contributed by atoms with E-state index in [4.69, 9.17) is 14.6 Å². The molecule has 0 atom stereocenters. The topological polar surface area (TPSA) is 84.9 Å². The second kappa shape index (κ2) is 8.58. The number of amides is 1. The molecule has 0 heterocycles. The molecule has 2 rings (SSSR count). The summed E-state index contributed by atoms with van der Waals surface area (Å²) < 4.78 is 10.7. The summed E-state index contributed by atoms with van der Waals surface area (Å²) in [6.45, 7) is 7.57. The molecule has 2 aromatic carbocycles. The van der Waals surface area contributed by atoms with Gasteiger partial charge in [0.25, 0.3) is 5.91 Å². The second-order valence-corrected chi connectivity index (χ2v) is 6.73. The first-order valence-corrected chi connectivity index (χ1v) is 8.74. The number of benzene rings is 2. The molecule has 2 N–H and O–H groups in total. The van der Waals surface area contributed by atoms with Crippen molar-refractivity contribution >= 4 is 11.9 Å².